The average molecular weight is 344 g/mol. The summed E-state index contributed by atoms with van der Waals surface area (Å²) in [5.41, 5.74) is 2.53. The maximum atomic E-state index is 6.41. The predicted molar refractivity (Wildman–Crippen MR) is 94.9 cm³/mol. The molecule has 2 N–H and O–H groups in total. The van der Waals surface area contributed by atoms with Crippen LogP contribution in [0.4, 0.5) is 5.82 Å². The van der Waals surface area contributed by atoms with Gasteiger partial charge in [0.05, 0.1) is 12.8 Å². The highest BCUT2D eigenvalue weighted by Crippen LogP contribution is 2.33. The van der Waals surface area contributed by atoms with Crippen LogP contribution in [0.25, 0.3) is 16.8 Å². The molecular weight excluding hydrogens is 326 g/mol. The Hall–Kier alpha value is -2.31. The number of rotatable bonds is 0. The van der Waals surface area contributed by atoms with Gasteiger partial charge in [0, 0.05) is 35.4 Å². The summed E-state index contributed by atoms with van der Waals surface area (Å²) in [4.78, 5) is 4.68. The zero-order chi connectivity index (χ0) is 16.4. The number of hydrogen-bond acceptors (Lipinski definition) is 5. The number of hydrogen-bond donors (Lipinski definition) is 2. The lowest BCUT2D eigenvalue weighted by Gasteiger charge is -2.09. The van der Waals surface area contributed by atoms with Crippen molar-refractivity contribution in [1.29, 1.82) is 0 Å². The first-order valence-electron chi connectivity index (χ1n) is 8.03. The van der Waals surface area contributed by atoms with Gasteiger partial charge < -0.3 is 15.4 Å². The highest BCUT2D eigenvalue weighted by atomic mass is 35.5. The van der Waals surface area contributed by atoms with Crippen molar-refractivity contribution in [3.63, 3.8) is 0 Å². The molecule has 0 radical (unpaired) electrons. The zero-order valence-electron chi connectivity index (χ0n) is 13.1. The van der Waals surface area contributed by atoms with Crippen LogP contribution in [0.15, 0.2) is 36.7 Å². The second kappa shape index (κ2) is 6.67. The van der Waals surface area contributed by atoms with Crippen LogP contribution in [0, 0.1) is 0 Å². The van der Waals surface area contributed by atoms with E-state index in [0.717, 1.165) is 54.4 Å². The second-order valence-electron chi connectivity index (χ2n) is 5.66. The van der Waals surface area contributed by atoms with Gasteiger partial charge in [0.25, 0.3) is 0 Å². The van der Waals surface area contributed by atoms with Crippen LogP contribution in [0.2, 0.25) is 5.02 Å². The number of benzene rings is 1. The monoisotopic (exact) mass is 343 g/mol. The minimum atomic E-state index is 0.656. The summed E-state index contributed by atoms with van der Waals surface area (Å²) in [5.74, 6) is 1.63. The fraction of sp³-hybridized carbons (Fsp3) is 0.294. The van der Waals surface area contributed by atoms with Crippen LogP contribution < -0.4 is 15.4 Å². The Morgan fingerprint density at radius 2 is 2.08 bits per heavy atom. The molecule has 4 bridgehead atoms. The molecule has 0 saturated heterocycles. The average Bonchev–Trinajstić information content (AvgIpc) is 3.01. The quantitative estimate of drug-likeness (QED) is 0.657. The van der Waals surface area contributed by atoms with Crippen LogP contribution in [-0.2, 0) is 0 Å². The third-order valence-electron chi connectivity index (χ3n) is 3.97. The van der Waals surface area contributed by atoms with Gasteiger partial charge in [-0.25, -0.2) is 9.50 Å². The van der Waals surface area contributed by atoms with Gasteiger partial charge in [-0.15, -0.1) is 0 Å². The van der Waals surface area contributed by atoms with Crippen molar-refractivity contribution in [2.75, 3.05) is 31.6 Å². The molecule has 0 spiro atoms. The van der Waals surface area contributed by atoms with Gasteiger partial charge in [0.2, 0.25) is 0 Å². The van der Waals surface area contributed by atoms with E-state index in [1.165, 1.54) is 0 Å². The third kappa shape index (κ3) is 3.02. The van der Waals surface area contributed by atoms with E-state index < -0.39 is 0 Å². The van der Waals surface area contributed by atoms with Crippen molar-refractivity contribution < 1.29 is 4.74 Å². The number of nitrogens with zero attached hydrogens (tertiary/aromatic N) is 3. The smallest absolute Gasteiger partial charge is 0.165 e. The van der Waals surface area contributed by atoms with Crippen molar-refractivity contribution in [2.45, 2.75) is 6.42 Å². The summed E-state index contributed by atoms with van der Waals surface area (Å²) >= 11 is 6.41. The molecule has 0 unspecified atom stereocenters. The fourth-order valence-electron chi connectivity index (χ4n) is 2.75. The van der Waals surface area contributed by atoms with E-state index in [4.69, 9.17) is 16.3 Å². The lowest BCUT2D eigenvalue weighted by molar-refractivity contribution is 0.308. The van der Waals surface area contributed by atoms with E-state index in [1.807, 2.05) is 30.5 Å². The Kier molecular flexibility index (Phi) is 4.23. The highest BCUT2D eigenvalue weighted by molar-refractivity contribution is 6.33. The number of anilines is 1. The lowest BCUT2D eigenvalue weighted by Crippen LogP contribution is -2.24. The van der Waals surface area contributed by atoms with E-state index in [2.05, 4.69) is 20.7 Å². The van der Waals surface area contributed by atoms with Gasteiger partial charge in [-0.05, 0) is 37.2 Å². The van der Waals surface area contributed by atoms with Gasteiger partial charge in [0.1, 0.15) is 11.6 Å². The molecule has 3 heterocycles. The van der Waals surface area contributed by atoms with Gasteiger partial charge >= 0.3 is 0 Å². The molecule has 0 amide bonds. The minimum Gasteiger partial charge on any atom is -0.494 e. The van der Waals surface area contributed by atoms with Crippen LogP contribution in [0.3, 0.4) is 0 Å². The molecule has 1 aliphatic rings. The Bertz CT molecular complexity index is 863. The van der Waals surface area contributed by atoms with Crippen molar-refractivity contribution in [2.24, 2.45) is 0 Å². The van der Waals surface area contributed by atoms with Crippen LogP contribution in [-0.4, -0.2) is 40.8 Å². The summed E-state index contributed by atoms with van der Waals surface area (Å²) in [6, 6.07) is 7.62. The van der Waals surface area contributed by atoms with E-state index in [-0.39, 0.29) is 0 Å². The third-order valence-corrected chi connectivity index (χ3v) is 4.30. The maximum absolute atomic E-state index is 6.41. The summed E-state index contributed by atoms with van der Waals surface area (Å²) in [6.45, 7) is 3.26. The Labute approximate surface area is 144 Å². The largest absolute Gasteiger partial charge is 0.494 e. The lowest BCUT2D eigenvalue weighted by atomic mass is 10.1. The van der Waals surface area contributed by atoms with Crippen molar-refractivity contribution in [1.82, 2.24) is 19.9 Å². The molecule has 7 heteroatoms. The number of nitrogens with one attached hydrogen (secondary N) is 2. The standard InChI is InChI=1S/C17H18ClN5O/c18-15-3-2-12-10-13(15)14-11-21-23-8-4-16(22-17(14)23)20-7-6-19-5-1-9-24-12/h2-4,8,10-11,19H,1,5-7,9H2,(H,20,22). The van der Waals surface area contributed by atoms with Crippen LogP contribution >= 0.6 is 11.6 Å². The zero-order valence-corrected chi connectivity index (χ0v) is 13.9. The molecule has 24 heavy (non-hydrogen) atoms. The van der Waals surface area contributed by atoms with Crippen LogP contribution in [0.1, 0.15) is 6.42 Å². The van der Waals surface area contributed by atoms with Gasteiger partial charge in [-0.2, -0.15) is 5.10 Å². The molecule has 2 aromatic heterocycles. The highest BCUT2D eigenvalue weighted by Gasteiger charge is 2.13. The Balaban J connectivity index is 1.82. The number of ether oxygens (including phenoxy) is 1. The van der Waals surface area contributed by atoms with Crippen molar-refractivity contribution >= 4 is 23.1 Å². The molecule has 4 rings (SSSR count). The molecule has 1 aromatic carbocycles. The molecule has 0 aliphatic carbocycles. The Morgan fingerprint density at radius 1 is 1.12 bits per heavy atom. The number of fused-ring (bicyclic) bond motifs is 4. The van der Waals surface area contributed by atoms with Gasteiger partial charge in [-0.3, -0.25) is 0 Å². The summed E-state index contributed by atoms with van der Waals surface area (Å²) in [6.07, 6.45) is 4.63. The van der Waals surface area contributed by atoms with E-state index >= 15 is 0 Å². The van der Waals surface area contributed by atoms with E-state index in [0.29, 0.717) is 11.6 Å². The first-order chi connectivity index (χ1) is 11.8. The summed E-state index contributed by atoms with van der Waals surface area (Å²) in [5, 5.41) is 11.7. The topological polar surface area (TPSA) is 63.5 Å². The summed E-state index contributed by atoms with van der Waals surface area (Å²) in [7, 11) is 0. The molecule has 0 fully saturated rings. The van der Waals surface area contributed by atoms with E-state index in [1.54, 1.807) is 10.7 Å². The predicted octanol–water partition coefficient (Wildman–Crippen LogP) is 2.83. The molecular formula is C17H18ClN5O. The first kappa shape index (κ1) is 15.2. The molecule has 0 atom stereocenters. The van der Waals surface area contributed by atoms with Gasteiger partial charge in [0.15, 0.2) is 5.65 Å². The first-order valence-corrected chi connectivity index (χ1v) is 8.41. The summed E-state index contributed by atoms with van der Waals surface area (Å²) < 4.78 is 7.59. The fourth-order valence-corrected chi connectivity index (χ4v) is 2.97. The minimum absolute atomic E-state index is 0.656. The Morgan fingerprint density at radius 3 is 3.04 bits per heavy atom. The van der Waals surface area contributed by atoms with Gasteiger partial charge in [-0.1, -0.05) is 11.6 Å². The van der Waals surface area contributed by atoms with Crippen molar-refractivity contribution in [3.8, 4) is 16.9 Å². The van der Waals surface area contributed by atoms with E-state index in [9.17, 15) is 0 Å². The normalized spacial score (nSPS) is 15.4. The number of halogens is 1. The molecule has 124 valence electrons. The molecule has 0 saturated carbocycles. The molecule has 6 nitrogen and oxygen atoms in total. The second-order valence-corrected chi connectivity index (χ2v) is 6.07. The molecule has 3 aromatic rings. The number of aromatic nitrogens is 3. The SMILES string of the molecule is Clc1ccc2cc1-c1cnn3ccc(nc13)NCCNCCCO2. The molecule has 1 aliphatic heterocycles. The van der Waals surface area contributed by atoms with Crippen molar-refractivity contribution in [3.05, 3.63) is 41.7 Å². The van der Waals surface area contributed by atoms with Crippen LogP contribution in [0.5, 0.6) is 5.75 Å². The maximum Gasteiger partial charge on any atom is 0.165 e.